The molecule has 0 aliphatic rings. The van der Waals surface area contributed by atoms with E-state index in [2.05, 4.69) is 63.0 Å². The predicted octanol–water partition coefficient (Wildman–Crippen LogP) is 4.13. The highest BCUT2D eigenvalue weighted by molar-refractivity contribution is 5.95. The number of aryl methyl sites for hydroxylation is 1. The summed E-state index contributed by atoms with van der Waals surface area (Å²) >= 11 is 0. The third-order valence-electron chi connectivity index (χ3n) is 3.94. The number of hydrogen-bond acceptors (Lipinski definition) is 3. The first-order valence-electron chi connectivity index (χ1n) is 7.52. The highest BCUT2D eigenvalue weighted by atomic mass is 15.1. The zero-order valence-corrected chi connectivity index (χ0v) is 13.2. The number of hydrogen-bond donors (Lipinski definition) is 1. The maximum atomic E-state index is 4.71. The molecular weight excluding hydrogens is 246 g/mol. The second-order valence-electron chi connectivity index (χ2n) is 5.10. The third kappa shape index (κ3) is 2.58. The lowest BCUT2D eigenvalue weighted by atomic mass is 10.1. The van der Waals surface area contributed by atoms with Crippen molar-refractivity contribution in [1.29, 1.82) is 0 Å². The summed E-state index contributed by atoms with van der Waals surface area (Å²) in [5.41, 5.74) is 5.91. The highest BCUT2D eigenvalue weighted by Gasteiger charge is 2.11. The lowest BCUT2D eigenvalue weighted by Gasteiger charge is -2.22. The summed E-state index contributed by atoms with van der Waals surface area (Å²) in [6.45, 7) is 13.7. The highest BCUT2D eigenvalue weighted by Crippen LogP contribution is 2.31. The van der Waals surface area contributed by atoms with E-state index in [1.165, 1.54) is 22.3 Å². The topological polar surface area (TPSA) is 28.2 Å². The Morgan fingerprint density at radius 1 is 1.10 bits per heavy atom. The first-order valence-corrected chi connectivity index (χ1v) is 7.52. The van der Waals surface area contributed by atoms with Crippen LogP contribution in [0.4, 0.5) is 11.4 Å². The lowest BCUT2D eigenvalue weighted by Crippen LogP contribution is -2.21. The Labute approximate surface area is 122 Å². The second-order valence-corrected chi connectivity index (χ2v) is 5.10. The van der Waals surface area contributed by atoms with Crippen LogP contribution in [0.2, 0.25) is 0 Å². The van der Waals surface area contributed by atoms with Crippen molar-refractivity contribution in [2.24, 2.45) is 0 Å². The molecule has 0 amide bonds. The summed E-state index contributed by atoms with van der Waals surface area (Å²) in [5.74, 6) is 0. The van der Waals surface area contributed by atoms with Crippen molar-refractivity contribution in [2.75, 3.05) is 29.9 Å². The molecule has 0 aliphatic carbocycles. The van der Waals surface area contributed by atoms with E-state index in [9.17, 15) is 0 Å². The Morgan fingerprint density at radius 2 is 1.80 bits per heavy atom. The number of pyridine rings is 1. The Balaban J connectivity index is 2.65. The normalized spacial score (nSPS) is 10.8. The molecule has 3 nitrogen and oxygen atoms in total. The molecule has 0 bridgehead atoms. The minimum atomic E-state index is 0.925. The Bertz CT molecular complexity index is 601. The van der Waals surface area contributed by atoms with Crippen molar-refractivity contribution in [1.82, 2.24) is 4.98 Å². The van der Waals surface area contributed by atoms with Crippen molar-refractivity contribution >= 4 is 22.3 Å². The summed E-state index contributed by atoms with van der Waals surface area (Å²) < 4.78 is 0. The number of benzene rings is 1. The molecule has 2 rings (SSSR count). The van der Waals surface area contributed by atoms with Crippen molar-refractivity contribution in [3.63, 3.8) is 0 Å². The summed E-state index contributed by atoms with van der Waals surface area (Å²) in [4.78, 5) is 7.08. The molecule has 0 spiro atoms. The molecule has 1 N–H and O–H groups in total. The van der Waals surface area contributed by atoms with Crippen LogP contribution in [-0.4, -0.2) is 24.6 Å². The van der Waals surface area contributed by atoms with Crippen LogP contribution in [0.15, 0.2) is 18.2 Å². The van der Waals surface area contributed by atoms with E-state index in [1.54, 1.807) is 0 Å². The predicted molar refractivity (Wildman–Crippen MR) is 88.9 cm³/mol. The third-order valence-corrected chi connectivity index (χ3v) is 3.94. The second kappa shape index (κ2) is 6.12. The van der Waals surface area contributed by atoms with E-state index < -0.39 is 0 Å². The molecule has 3 heteroatoms. The van der Waals surface area contributed by atoms with Crippen LogP contribution >= 0.6 is 0 Å². The zero-order valence-electron chi connectivity index (χ0n) is 13.2. The van der Waals surface area contributed by atoms with Crippen LogP contribution in [0.25, 0.3) is 10.9 Å². The summed E-state index contributed by atoms with van der Waals surface area (Å²) in [5, 5.41) is 4.72. The minimum absolute atomic E-state index is 0.925. The van der Waals surface area contributed by atoms with Crippen molar-refractivity contribution < 1.29 is 0 Å². The van der Waals surface area contributed by atoms with Crippen molar-refractivity contribution in [3.8, 4) is 0 Å². The van der Waals surface area contributed by atoms with Gasteiger partial charge in [-0.05, 0) is 58.4 Å². The Hall–Kier alpha value is -1.77. The molecular formula is C17H25N3. The van der Waals surface area contributed by atoms with Crippen molar-refractivity contribution in [3.05, 3.63) is 29.5 Å². The molecule has 1 heterocycles. The van der Waals surface area contributed by atoms with E-state index >= 15 is 0 Å². The van der Waals surface area contributed by atoms with Crippen LogP contribution in [-0.2, 0) is 0 Å². The molecule has 0 aliphatic heterocycles. The van der Waals surface area contributed by atoms with E-state index in [0.29, 0.717) is 0 Å². The van der Waals surface area contributed by atoms with Gasteiger partial charge in [-0.25, -0.2) is 0 Å². The monoisotopic (exact) mass is 271 g/mol. The Kier molecular flexibility index (Phi) is 4.48. The van der Waals surface area contributed by atoms with E-state index in [-0.39, 0.29) is 0 Å². The quantitative estimate of drug-likeness (QED) is 0.886. The van der Waals surface area contributed by atoms with Gasteiger partial charge in [0.2, 0.25) is 0 Å². The molecule has 0 fully saturated rings. The first-order chi connectivity index (χ1) is 9.62. The molecule has 2 aromatic rings. The van der Waals surface area contributed by atoms with Gasteiger partial charge in [0, 0.05) is 42.1 Å². The summed E-state index contributed by atoms with van der Waals surface area (Å²) in [7, 11) is 0. The standard InChI is InChI=1S/C17H25N3/c1-6-18-17-12(4)13(5)19-16-10-9-14(11-15(16)17)20(7-2)8-3/h9-11H,6-8H2,1-5H3,(H,18,19). The van der Waals surface area contributed by atoms with Gasteiger partial charge in [-0.1, -0.05) is 0 Å². The van der Waals surface area contributed by atoms with Crippen LogP contribution in [0, 0.1) is 13.8 Å². The molecule has 108 valence electrons. The zero-order chi connectivity index (χ0) is 14.7. The van der Waals surface area contributed by atoms with Crippen LogP contribution < -0.4 is 10.2 Å². The number of fused-ring (bicyclic) bond motifs is 1. The molecule has 1 aromatic heterocycles. The fraction of sp³-hybridized carbons (Fsp3) is 0.471. The Morgan fingerprint density at radius 3 is 2.40 bits per heavy atom. The van der Waals surface area contributed by atoms with E-state index in [1.807, 2.05) is 0 Å². The van der Waals surface area contributed by atoms with Gasteiger partial charge in [-0.3, -0.25) is 4.98 Å². The van der Waals surface area contributed by atoms with Crippen LogP contribution in [0.1, 0.15) is 32.0 Å². The summed E-state index contributed by atoms with van der Waals surface area (Å²) in [6.07, 6.45) is 0. The fourth-order valence-electron chi connectivity index (χ4n) is 2.66. The number of rotatable bonds is 5. The average Bonchev–Trinajstić information content (AvgIpc) is 2.45. The van der Waals surface area contributed by atoms with Crippen LogP contribution in [0.5, 0.6) is 0 Å². The minimum Gasteiger partial charge on any atom is -0.385 e. The molecule has 1 aromatic carbocycles. The number of nitrogens with zero attached hydrogens (tertiary/aromatic N) is 2. The molecule has 20 heavy (non-hydrogen) atoms. The lowest BCUT2D eigenvalue weighted by molar-refractivity contribution is 0.867. The fourth-order valence-corrected chi connectivity index (χ4v) is 2.66. The smallest absolute Gasteiger partial charge is 0.0727 e. The maximum absolute atomic E-state index is 4.71. The van der Waals surface area contributed by atoms with E-state index in [0.717, 1.165) is 30.8 Å². The van der Waals surface area contributed by atoms with Gasteiger partial charge in [0.1, 0.15) is 0 Å². The van der Waals surface area contributed by atoms with Gasteiger partial charge >= 0.3 is 0 Å². The van der Waals surface area contributed by atoms with Gasteiger partial charge in [-0.2, -0.15) is 0 Å². The number of anilines is 2. The van der Waals surface area contributed by atoms with Gasteiger partial charge in [0.15, 0.2) is 0 Å². The molecule has 0 radical (unpaired) electrons. The van der Waals surface area contributed by atoms with Gasteiger partial charge in [0.25, 0.3) is 0 Å². The van der Waals surface area contributed by atoms with Gasteiger partial charge in [0.05, 0.1) is 5.52 Å². The average molecular weight is 271 g/mol. The van der Waals surface area contributed by atoms with Gasteiger partial charge < -0.3 is 10.2 Å². The van der Waals surface area contributed by atoms with Gasteiger partial charge in [-0.15, -0.1) is 0 Å². The maximum Gasteiger partial charge on any atom is 0.0727 e. The molecule has 0 unspecified atom stereocenters. The summed E-state index contributed by atoms with van der Waals surface area (Å²) in [6, 6.07) is 6.57. The van der Waals surface area contributed by atoms with Crippen molar-refractivity contribution in [2.45, 2.75) is 34.6 Å². The molecule has 0 atom stereocenters. The largest absolute Gasteiger partial charge is 0.385 e. The molecule has 0 saturated heterocycles. The number of aromatic nitrogens is 1. The SMILES string of the molecule is CCNc1c(C)c(C)nc2ccc(N(CC)CC)cc12. The first kappa shape index (κ1) is 14.6. The molecule has 0 saturated carbocycles. The van der Waals surface area contributed by atoms with Crippen LogP contribution in [0.3, 0.4) is 0 Å². The van der Waals surface area contributed by atoms with E-state index in [4.69, 9.17) is 4.98 Å². The number of nitrogens with one attached hydrogen (secondary N) is 1.